The maximum atomic E-state index is 13.0. The summed E-state index contributed by atoms with van der Waals surface area (Å²) in [5.74, 6) is 0.254. The second kappa shape index (κ2) is 4.89. The zero-order valence-corrected chi connectivity index (χ0v) is 10.1. The lowest BCUT2D eigenvalue weighted by atomic mass is 10.1. The van der Waals surface area contributed by atoms with Crippen molar-refractivity contribution in [3.8, 4) is 0 Å². The number of pyridine rings is 1. The zero-order chi connectivity index (χ0) is 12.4. The number of nitrogens with one attached hydrogen (secondary N) is 2. The highest BCUT2D eigenvalue weighted by molar-refractivity contribution is 5.43. The minimum absolute atomic E-state index is 0.310. The van der Waals surface area contributed by atoms with Crippen LogP contribution in [0.2, 0.25) is 0 Å². The molecule has 0 aromatic carbocycles. The molecule has 1 fully saturated rings. The normalized spacial score (nSPS) is 20.8. The van der Waals surface area contributed by atoms with Crippen molar-refractivity contribution < 1.29 is 4.39 Å². The van der Waals surface area contributed by atoms with Gasteiger partial charge in [-0.15, -0.1) is 5.10 Å². The number of halogens is 1. The summed E-state index contributed by atoms with van der Waals surface area (Å²) >= 11 is 0. The predicted octanol–water partition coefficient (Wildman–Crippen LogP) is 1.42. The van der Waals surface area contributed by atoms with Crippen molar-refractivity contribution in [1.82, 2.24) is 19.9 Å². The minimum atomic E-state index is -0.310. The highest BCUT2D eigenvalue weighted by Crippen LogP contribution is 2.11. The van der Waals surface area contributed by atoms with E-state index in [0.29, 0.717) is 17.6 Å². The van der Waals surface area contributed by atoms with E-state index in [1.807, 2.05) is 0 Å². The van der Waals surface area contributed by atoms with Crippen LogP contribution in [0, 0.1) is 5.82 Å². The van der Waals surface area contributed by atoms with Gasteiger partial charge in [0.15, 0.2) is 5.65 Å². The first-order valence-electron chi connectivity index (χ1n) is 6.30. The molecule has 1 aliphatic rings. The Kier molecular flexibility index (Phi) is 3.10. The Labute approximate surface area is 104 Å². The molecule has 3 heterocycles. The minimum Gasteiger partial charge on any atom is -0.349 e. The van der Waals surface area contributed by atoms with Gasteiger partial charge in [-0.25, -0.2) is 8.91 Å². The SMILES string of the molecule is Fc1ccc2nc(NC3CCCCNC3)nn2c1. The average molecular weight is 249 g/mol. The molecular formula is C12H16FN5. The second-order valence-electron chi connectivity index (χ2n) is 4.63. The van der Waals surface area contributed by atoms with Crippen molar-refractivity contribution in [3.05, 3.63) is 24.1 Å². The number of hydrogen-bond acceptors (Lipinski definition) is 4. The maximum absolute atomic E-state index is 13.0. The standard InChI is InChI=1S/C12H16FN5/c13-9-4-5-11-16-12(17-18(11)8-9)15-10-3-1-2-6-14-7-10/h4-5,8,10,14H,1-3,6-7H2,(H,15,17). The molecule has 1 atom stereocenters. The van der Waals surface area contributed by atoms with Crippen LogP contribution in [0.1, 0.15) is 19.3 Å². The molecule has 96 valence electrons. The van der Waals surface area contributed by atoms with Crippen molar-refractivity contribution in [2.24, 2.45) is 0 Å². The lowest BCUT2D eigenvalue weighted by molar-refractivity contribution is 0.613. The molecule has 1 saturated heterocycles. The van der Waals surface area contributed by atoms with Gasteiger partial charge in [-0.3, -0.25) is 0 Å². The van der Waals surface area contributed by atoms with E-state index in [1.54, 1.807) is 6.07 Å². The van der Waals surface area contributed by atoms with Gasteiger partial charge in [-0.1, -0.05) is 6.42 Å². The van der Waals surface area contributed by atoms with Gasteiger partial charge in [-0.2, -0.15) is 4.98 Å². The van der Waals surface area contributed by atoms with E-state index in [0.717, 1.165) is 19.5 Å². The number of nitrogens with zero attached hydrogens (tertiary/aromatic N) is 3. The Hall–Kier alpha value is -1.69. The summed E-state index contributed by atoms with van der Waals surface area (Å²) in [6, 6.07) is 3.36. The Bertz CT molecular complexity index is 530. The Morgan fingerprint density at radius 2 is 2.33 bits per heavy atom. The van der Waals surface area contributed by atoms with E-state index in [9.17, 15) is 4.39 Å². The summed E-state index contributed by atoms with van der Waals surface area (Å²) in [5, 5.41) is 10.9. The molecule has 0 spiro atoms. The lowest BCUT2D eigenvalue weighted by Crippen LogP contribution is -2.31. The number of fused-ring (bicyclic) bond motifs is 1. The predicted molar refractivity (Wildman–Crippen MR) is 67.1 cm³/mol. The van der Waals surface area contributed by atoms with Crippen LogP contribution >= 0.6 is 0 Å². The first-order valence-corrected chi connectivity index (χ1v) is 6.30. The molecular weight excluding hydrogens is 233 g/mol. The van der Waals surface area contributed by atoms with Crippen molar-refractivity contribution in [2.45, 2.75) is 25.3 Å². The van der Waals surface area contributed by atoms with Gasteiger partial charge >= 0.3 is 0 Å². The number of rotatable bonds is 2. The van der Waals surface area contributed by atoms with E-state index in [2.05, 4.69) is 20.7 Å². The van der Waals surface area contributed by atoms with Gasteiger partial charge in [0.1, 0.15) is 5.82 Å². The fourth-order valence-corrected chi connectivity index (χ4v) is 2.24. The molecule has 0 aliphatic carbocycles. The van der Waals surface area contributed by atoms with Crippen LogP contribution in [0.3, 0.4) is 0 Å². The Morgan fingerprint density at radius 3 is 3.28 bits per heavy atom. The molecule has 6 heteroatoms. The van der Waals surface area contributed by atoms with Crippen LogP contribution in [-0.4, -0.2) is 33.7 Å². The summed E-state index contributed by atoms with van der Waals surface area (Å²) in [6.45, 7) is 1.99. The van der Waals surface area contributed by atoms with Gasteiger partial charge in [0.2, 0.25) is 5.95 Å². The van der Waals surface area contributed by atoms with Crippen LogP contribution < -0.4 is 10.6 Å². The highest BCUT2D eigenvalue weighted by Gasteiger charge is 2.13. The fourth-order valence-electron chi connectivity index (χ4n) is 2.24. The number of hydrogen-bond donors (Lipinski definition) is 2. The van der Waals surface area contributed by atoms with Crippen LogP contribution in [0.4, 0.5) is 10.3 Å². The van der Waals surface area contributed by atoms with Crippen molar-refractivity contribution in [1.29, 1.82) is 0 Å². The molecule has 0 saturated carbocycles. The van der Waals surface area contributed by atoms with E-state index < -0.39 is 0 Å². The third kappa shape index (κ3) is 2.43. The van der Waals surface area contributed by atoms with E-state index in [1.165, 1.54) is 29.6 Å². The Morgan fingerprint density at radius 1 is 1.39 bits per heavy atom. The average Bonchev–Trinajstić information content (AvgIpc) is 2.57. The van der Waals surface area contributed by atoms with Crippen LogP contribution in [0.15, 0.2) is 18.3 Å². The lowest BCUT2D eigenvalue weighted by Gasteiger charge is -2.14. The first-order chi connectivity index (χ1) is 8.81. The zero-order valence-electron chi connectivity index (χ0n) is 10.1. The van der Waals surface area contributed by atoms with Gasteiger partial charge in [0.05, 0.1) is 6.20 Å². The number of anilines is 1. The van der Waals surface area contributed by atoms with Gasteiger partial charge in [-0.05, 0) is 31.5 Å². The van der Waals surface area contributed by atoms with E-state index in [4.69, 9.17) is 0 Å². The summed E-state index contributed by atoms with van der Waals surface area (Å²) in [6.07, 6.45) is 4.85. The van der Waals surface area contributed by atoms with Crippen molar-refractivity contribution >= 4 is 11.6 Å². The van der Waals surface area contributed by atoms with E-state index >= 15 is 0 Å². The molecule has 2 aromatic heterocycles. The first kappa shape index (κ1) is 11.4. The smallest absolute Gasteiger partial charge is 0.243 e. The van der Waals surface area contributed by atoms with Crippen molar-refractivity contribution in [2.75, 3.05) is 18.4 Å². The van der Waals surface area contributed by atoms with Crippen LogP contribution in [-0.2, 0) is 0 Å². The molecule has 1 aliphatic heterocycles. The quantitative estimate of drug-likeness (QED) is 0.845. The molecule has 3 rings (SSSR count). The molecule has 5 nitrogen and oxygen atoms in total. The van der Waals surface area contributed by atoms with E-state index in [-0.39, 0.29) is 5.82 Å². The molecule has 18 heavy (non-hydrogen) atoms. The topological polar surface area (TPSA) is 54.2 Å². The summed E-state index contributed by atoms with van der Waals surface area (Å²) in [4.78, 5) is 4.32. The molecule has 1 unspecified atom stereocenters. The summed E-state index contributed by atoms with van der Waals surface area (Å²) in [5.41, 5.74) is 0.653. The Balaban J connectivity index is 1.77. The molecule has 2 N–H and O–H groups in total. The third-order valence-corrected chi connectivity index (χ3v) is 3.17. The monoisotopic (exact) mass is 249 g/mol. The molecule has 0 amide bonds. The maximum Gasteiger partial charge on any atom is 0.243 e. The van der Waals surface area contributed by atoms with Crippen LogP contribution in [0.25, 0.3) is 5.65 Å². The van der Waals surface area contributed by atoms with Gasteiger partial charge in [0, 0.05) is 12.6 Å². The second-order valence-corrected chi connectivity index (χ2v) is 4.63. The van der Waals surface area contributed by atoms with Gasteiger partial charge < -0.3 is 10.6 Å². The summed E-state index contributed by atoms with van der Waals surface area (Å²) < 4.78 is 14.5. The molecule has 2 aromatic rings. The molecule has 0 bridgehead atoms. The van der Waals surface area contributed by atoms with Gasteiger partial charge in [0.25, 0.3) is 0 Å². The number of aromatic nitrogens is 3. The van der Waals surface area contributed by atoms with Crippen LogP contribution in [0.5, 0.6) is 0 Å². The highest BCUT2D eigenvalue weighted by atomic mass is 19.1. The third-order valence-electron chi connectivity index (χ3n) is 3.17. The fraction of sp³-hybridized carbons (Fsp3) is 0.500. The molecule has 0 radical (unpaired) electrons. The largest absolute Gasteiger partial charge is 0.349 e. The van der Waals surface area contributed by atoms with Crippen molar-refractivity contribution in [3.63, 3.8) is 0 Å². The summed E-state index contributed by atoms with van der Waals surface area (Å²) in [7, 11) is 0.